The van der Waals surface area contributed by atoms with Gasteiger partial charge in [0.25, 0.3) is 0 Å². The number of fused-ring (bicyclic) bond motifs is 1. The summed E-state index contributed by atoms with van der Waals surface area (Å²) in [6.07, 6.45) is 0.472. The molecule has 0 unspecified atom stereocenters. The summed E-state index contributed by atoms with van der Waals surface area (Å²) in [5.41, 5.74) is 4.57. The summed E-state index contributed by atoms with van der Waals surface area (Å²) in [5.74, 6) is 6.27. The second-order valence-corrected chi connectivity index (χ2v) is 4.99. The number of nitrogens with one attached hydrogen (secondary N) is 2. The van der Waals surface area contributed by atoms with Gasteiger partial charge in [0.1, 0.15) is 5.82 Å². The van der Waals surface area contributed by atoms with Crippen LogP contribution in [0.4, 0.5) is 5.82 Å². The Morgan fingerprint density at radius 2 is 2.14 bits per heavy atom. The third kappa shape index (κ3) is 3.90. The van der Waals surface area contributed by atoms with Crippen molar-refractivity contribution in [2.24, 2.45) is 5.84 Å². The van der Waals surface area contributed by atoms with Crippen LogP contribution in [0.3, 0.4) is 0 Å². The number of anilines is 1. The molecule has 0 aliphatic heterocycles. The van der Waals surface area contributed by atoms with Gasteiger partial charge >= 0.3 is 0 Å². The molecule has 0 fully saturated rings. The van der Waals surface area contributed by atoms with E-state index in [1.807, 2.05) is 31.3 Å². The fourth-order valence-corrected chi connectivity index (χ4v) is 2.19. The smallest absolute Gasteiger partial charge is 0.221 e. The van der Waals surface area contributed by atoms with Gasteiger partial charge in [-0.05, 0) is 19.2 Å². The van der Waals surface area contributed by atoms with E-state index in [0.29, 0.717) is 25.3 Å². The molecule has 112 valence electrons. The molecule has 0 radical (unpaired) electrons. The van der Waals surface area contributed by atoms with Crippen molar-refractivity contribution in [3.63, 3.8) is 0 Å². The van der Waals surface area contributed by atoms with Crippen LogP contribution in [0.5, 0.6) is 0 Å². The number of rotatable bonds is 6. The van der Waals surface area contributed by atoms with E-state index in [1.165, 1.54) is 0 Å². The van der Waals surface area contributed by atoms with Crippen LogP contribution in [-0.4, -0.2) is 36.4 Å². The quantitative estimate of drug-likeness (QED) is 0.547. The van der Waals surface area contributed by atoms with Gasteiger partial charge < -0.3 is 15.6 Å². The maximum atomic E-state index is 11.3. The van der Waals surface area contributed by atoms with Gasteiger partial charge in [0, 0.05) is 37.5 Å². The van der Waals surface area contributed by atoms with Crippen molar-refractivity contribution in [1.82, 2.24) is 15.2 Å². The first-order valence-corrected chi connectivity index (χ1v) is 6.88. The molecule has 0 spiro atoms. The zero-order chi connectivity index (χ0) is 15.2. The van der Waals surface area contributed by atoms with Crippen molar-refractivity contribution < 1.29 is 4.79 Å². The van der Waals surface area contributed by atoms with E-state index >= 15 is 0 Å². The minimum atomic E-state index is 0.0376. The Bertz CT molecular complexity index is 628. The highest BCUT2D eigenvalue weighted by molar-refractivity contribution is 5.81. The fourth-order valence-electron chi connectivity index (χ4n) is 2.19. The summed E-state index contributed by atoms with van der Waals surface area (Å²) in [6, 6.07) is 9.99. The zero-order valence-corrected chi connectivity index (χ0v) is 12.4. The molecule has 2 aromatic rings. The van der Waals surface area contributed by atoms with E-state index in [4.69, 9.17) is 5.84 Å². The number of pyridine rings is 1. The highest BCUT2D eigenvalue weighted by Crippen LogP contribution is 2.20. The average molecular weight is 287 g/mol. The first-order valence-electron chi connectivity index (χ1n) is 6.88. The van der Waals surface area contributed by atoms with Crippen LogP contribution in [0, 0.1) is 0 Å². The summed E-state index contributed by atoms with van der Waals surface area (Å²) in [5, 5.41) is 3.70. The van der Waals surface area contributed by atoms with Crippen LogP contribution in [0.15, 0.2) is 30.3 Å². The molecule has 0 aliphatic rings. The molecular weight excluding hydrogens is 266 g/mol. The molecule has 6 heteroatoms. The normalized spacial score (nSPS) is 10.9. The van der Waals surface area contributed by atoms with E-state index in [1.54, 1.807) is 7.05 Å². The number of hydrogen-bond acceptors (Lipinski definition) is 5. The van der Waals surface area contributed by atoms with Gasteiger partial charge in [0.15, 0.2) is 0 Å². The molecular formula is C15H21N5O. The monoisotopic (exact) mass is 287 g/mol. The number of benzene rings is 1. The molecule has 0 aliphatic carbocycles. The molecule has 1 amide bonds. The molecule has 1 aromatic heterocycles. The number of hydrazine groups is 1. The molecule has 0 saturated carbocycles. The average Bonchev–Trinajstić information content (AvgIpc) is 2.51. The lowest BCUT2D eigenvalue weighted by atomic mass is 10.1. The third-order valence-corrected chi connectivity index (χ3v) is 3.38. The molecule has 4 N–H and O–H groups in total. The Morgan fingerprint density at radius 1 is 1.38 bits per heavy atom. The summed E-state index contributed by atoms with van der Waals surface area (Å²) >= 11 is 0. The summed E-state index contributed by atoms with van der Waals surface area (Å²) in [4.78, 5) is 17.9. The number of amides is 1. The van der Waals surface area contributed by atoms with Gasteiger partial charge in [-0.2, -0.15) is 0 Å². The number of para-hydroxylation sites is 1. The lowest BCUT2D eigenvalue weighted by Crippen LogP contribution is -2.27. The maximum Gasteiger partial charge on any atom is 0.221 e. The molecule has 2 rings (SSSR count). The number of carbonyl (C=O) groups excluding carboxylic acids is 1. The van der Waals surface area contributed by atoms with Crippen molar-refractivity contribution in [3.05, 3.63) is 35.9 Å². The van der Waals surface area contributed by atoms with E-state index in [2.05, 4.69) is 26.7 Å². The lowest BCUT2D eigenvalue weighted by molar-refractivity contribution is -0.120. The minimum absolute atomic E-state index is 0.0376. The number of hydrogen-bond donors (Lipinski definition) is 3. The molecule has 6 nitrogen and oxygen atoms in total. The summed E-state index contributed by atoms with van der Waals surface area (Å²) in [7, 11) is 3.62. The Morgan fingerprint density at radius 3 is 2.86 bits per heavy atom. The summed E-state index contributed by atoms with van der Waals surface area (Å²) in [6.45, 7) is 1.35. The van der Waals surface area contributed by atoms with Crippen LogP contribution in [0.1, 0.15) is 12.0 Å². The highest BCUT2D eigenvalue weighted by atomic mass is 16.1. The Labute approximate surface area is 124 Å². The summed E-state index contributed by atoms with van der Waals surface area (Å²) < 4.78 is 0. The SMILES string of the molecule is CNC(=O)CCN(C)Cc1cc2ccccc2nc1NN. The number of nitrogens with zero attached hydrogens (tertiary/aromatic N) is 2. The predicted octanol–water partition coefficient (Wildman–Crippen LogP) is 1.09. The molecule has 0 bridgehead atoms. The number of aromatic nitrogens is 1. The van der Waals surface area contributed by atoms with Crippen LogP contribution < -0.4 is 16.6 Å². The van der Waals surface area contributed by atoms with Crippen molar-refractivity contribution in [3.8, 4) is 0 Å². The molecule has 1 heterocycles. The van der Waals surface area contributed by atoms with Gasteiger partial charge in [-0.15, -0.1) is 0 Å². The van der Waals surface area contributed by atoms with Gasteiger partial charge in [-0.25, -0.2) is 10.8 Å². The molecule has 0 saturated heterocycles. The van der Waals surface area contributed by atoms with Gasteiger partial charge in [0.05, 0.1) is 5.52 Å². The standard InChI is InChI=1S/C15H21N5O/c1-17-14(21)7-8-20(2)10-12-9-11-5-3-4-6-13(11)18-15(12)19-16/h3-6,9H,7-8,10,16H2,1-2H3,(H,17,21)(H,18,19). The van der Waals surface area contributed by atoms with Crippen LogP contribution in [-0.2, 0) is 11.3 Å². The fraction of sp³-hybridized carbons (Fsp3) is 0.333. The van der Waals surface area contributed by atoms with Crippen molar-refractivity contribution >= 4 is 22.6 Å². The Balaban J connectivity index is 2.14. The molecule has 21 heavy (non-hydrogen) atoms. The Hall–Kier alpha value is -2.18. The maximum absolute atomic E-state index is 11.3. The zero-order valence-electron chi connectivity index (χ0n) is 12.4. The predicted molar refractivity (Wildman–Crippen MR) is 84.6 cm³/mol. The van der Waals surface area contributed by atoms with Crippen molar-refractivity contribution in [2.45, 2.75) is 13.0 Å². The van der Waals surface area contributed by atoms with Gasteiger partial charge in [-0.3, -0.25) is 4.79 Å². The van der Waals surface area contributed by atoms with Crippen molar-refractivity contribution in [1.29, 1.82) is 0 Å². The number of nitrogens with two attached hydrogens (primary N) is 1. The van der Waals surface area contributed by atoms with Gasteiger partial charge in [-0.1, -0.05) is 18.2 Å². The molecule has 1 aromatic carbocycles. The first kappa shape index (κ1) is 15.2. The largest absolute Gasteiger partial charge is 0.359 e. The van der Waals surface area contributed by atoms with E-state index in [0.717, 1.165) is 16.5 Å². The number of carbonyl (C=O) groups is 1. The molecule has 0 atom stereocenters. The minimum Gasteiger partial charge on any atom is -0.359 e. The lowest BCUT2D eigenvalue weighted by Gasteiger charge is -2.18. The van der Waals surface area contributed by atoms with E-state index in [9.17, 15) is 4.79 Å². The second kappa shape index (κ2) is 7.01. The number of nitrogen functional groups attached to an aromatic ring is 1. The van der Waals surface area contributed by atoms with Crippen LogP contribution >= 0.6 is 0 Å². The van der Waals surface area contributed by atoms with Crippen molar-refractivity contribution in [2.75, 3.05) is 26.1 Å². The Kier molecular flexibility index (Phi) is 5.08. The van der Waals surface area contributed by atoms with Gasteiger partial charge in [0.2, 0.25) is 5.91 Å². The van der Waals surface area contributed by atoms with Crippen LogP contribution in [0.2, 0.25) is 0 Å². The van der Waals surface area contributed by atoms with Crippen LogP contribution in [0.25, 0.3) is 10.9 Å². The third-order valence-electron chi connectivity index (χ3n) is 3.38. The van der Waals surface area contributed by atoms with E-state index < -0.39 is 0 Å². The highest BCUT2D eigenvalue weighted by Gasteiger charge is 2.09. The first-order chi connectivity index (χ1) is 10.1. The topological polar surface area (TPSA) is 83.3 Å². The van der Waals surface area contributed by atoms with E-state index in [-0.39, 0.29) is 5.91 Å². The second-order valence-electron chi connectivity index (χ2n) is 4.99.